The summed E-state index contributed by atoms with van der Waals surface area (Å²) in [5, 5.41) is 3.35. The van der Waals surface area contributed by atoms with E-state index in [1.54, 1.807) is 0 Å². The molecule has 1 aliphatic carbocycles. The maximum absolute atomic E-state index is 12.5. The third-order valence-electron chi connectivity index (χ3n) is 4.35. The minimum atomic E-state index is -0.140. The number of hydrogen-bond donors (Lipinski definition) is 1. The van der Waals surface area contributed by atoms with Gasteiger partial charge in [0, 0.05) is 6.04 Å². The SMILES string of the molecule is CC1CCCC1N1CNC(c2ccccc2)C1=O. The van der Waals surface area contributed by atoms with Gasteiger partial charge < -0.3 is 4.90 Å². The van der Waals surface area contributed by atoms with E-state index in [-0.39, 0.29) is 11.9 Å². The van der Waals surface area contributed by atoms with Crippen molar-refractivity contribution in [2.45, 2.75) is 38.3 Å². The van der Waals surface area contributed by atoms with Crippen LogP contribution in [0.2, 0.25) is 0 Å². The fourth-order valence-electron chi connectivity index (χ4n) is 3.30. The average Bonchev–Trinajstić information content (AvgIpc) is 2.96. The van der Waals surface area contributed by atoms with Crippen LogP contribution in [0.5, 0.6) is 0 Å². The molecular weight excluding hydrogens is 224 g/mol. The Morgan fingerprint density at radius 2 is 2.00 bits per heavy atom. The van der Waals surface area contributed by atoms with Crippen molar-refractivity contribution >= 4 is 5.91 Å². The summed E-state index contributed by atoms with van der Waals surface area (Å²) in [7, 11) is 0. The predicted octanol–water partition coefficient (Wildman–Crippen LogP) is 2.31. The molecule has 18 heavy (non-hydrogen) atoms. The first-order chi connectivity index (χ1) is 8.77. The summed E-state index contributed by atoms with van der Waals surface area (Å²) in [6.07, 6.45) is 3.67. The Morgan fingerprint density at radius 1 is 1.22 bits per heavy atom. The molecule has 0 radical (unpaired) electrons. The molecule has 1 aromatic carbocycles. The van der Waals surface area contributed by atoms with Gasteiger partial charge in [0.05, 0.1) is 6.67 Å². The Kier molecular flexibility index (Phi) is 3.08. The molecular formula is C15H20N2O. The number of hydrogen-bond acceptors (Lipinski definition) is 2. The molecule has 1 amide bonds. The fourth-order valence-corrected chi connectivity index (χ4v) is 3.30. The van der Waals surface area contributed by atoms with Crippen LogP contribution in [0.4, 0.5) is 0 Å². The Morgan fingerprint density at radius 3 is 2.67 bits per heavy atom. The molecule has 1 saturated heterocycles. The van der Waals surface area contributed by atoms with E-state index in [1.165, 1.54) is 12.8 Å². The molecule has 3 nitrogen and oxygen atoms in total. The van der Waals surface area contributed by atoms with Crippen molar-refractivity contribution in [2.75, 3.05) is 6.67 Å². The van der Waals surface area contributed by atoms with Crippen LogP contribution in [-0.2, 0) is 4.79 Å². The summed E-state index contributed by atoms with van der Waals surface area (Å²) in [4.78, 5) is 14.6. The minimum absolute atomic E-state index is 0.140. The monoisotopic (exact) mass is 244 g/mol. The topological polar surface area (TPSA) is 32.3 Å². The molecule has 0 spiro atoms. The molecule has 0 bridgehead atoms. The Hall–Kier alpha value is -1.35. The van der Waals surface area contributed by atoms with Gasteiger partial charge in [-0.2, -0.15) is 0 Å². The lowest BCUT2D eigenvalue weighted by Gasteiger charge is -2.27. The van der Waals surface area contributed by atoms with Gasteiger partial charge in [0.2, 0.25) is 5.91 Å². The molecule has 1 aliphatic heterocycles. The van der Waals surface area contributed by atoms with Gasteiger partial charge in [0.1, 0.15) is 6.04 Å². The molecule has 0 aromatic heterocycles. The van der Waals surface area contributed by atoms with Gasteiger partial charge in [-0.25, -0.2) is 0 Å². The highest BCUT2D eigenvalue weighted by molar-refractivity contribution is 5.85. The number of benzene rings is 1. The summed E-state index contributed by atoms with van der Waals surface area (Å²) in [5.74, 6) is 0.894. The molecule has 2 aliphatic rings. The van der Waals surface area contributed by atoms with Gasteiger partial charge in [0.25, 0.3) is 0 Å². The van der Waals surface area contributed by atoms with Crippen molar-refractivity contribution in [3.05, 3.63) is 35.9 Å². The summed E-state index contributed by atoms with van der Waals surface area (Å²) in [6.45, 7) is 2.97. The largest absolute Gasteiger partial charge is 0.325 e. The van der Waals surface area contributed by atoms with Crippen LogP contribution in [0.25, 0.3) is 0 Å². The lowest BCUT2D eigenvalue weighted by atomic mass is 10.0. The third-order valence-corrected chi connectivity index (χ3v) is 4.35. The fraction of sp³-hybridized carbons (Fsp3) is 0.533. The standard InChI is InChI=1S/C15H20N2O/c1-11-6-5-9-13(11)17-10-16-14(15(17)18)12-7-3-2-4-8-12/h2-4,7-8,11,13-14,16H,5-6,9-10H2,1H3. The molecule has 2 fully saturated rings. The zero-order chi connectivity index (χ0) is 12.5. The molecule has 3 rings (SSSR count). The number of carbonyl (C=O) groups excluding carboxylic acids is 1. The summed E-state index contributed by atoms with van der Waals surface area (Å²) in [5.41, 5.74) is 1.08. The van der Waals surface area contributed by atoms with Crippen molar-refractivity contribution < 1.29 is 4.79 Å². The highest BCUT2D eigenvalue weighted by Gasteiger charge is 2.39. The summed E-state index contributed by atoms with van der Waals surface area (Å²) >= 11 is 0. The number of rotatable bonds is 2. The van der Waals surface area contributed by atoms with E-state index in [1.807, 2.05) is 30.3 Å². The second-order valence-electron chi connectivity index (χ2n) is 5.49. The zero-order valence-corrected chi connectivity index (χ0v) is 10.8. The van der Waals surface area contributed by atoms with Crippen molar-refractivity contribution in [1.29, 1.82) is 0 Å². The lowest BCUT2D eigenvalue weighted by Crippen LogP contribution is -2.39. The molecule has 1 N–H and O–H groups in total. The van der Waals surface area contributed by atoms with Crippen LogP contribution in [0.1, 0.15) is 37.8 Å². The van der Waals surface area contributed by atoms with E-state index in [4.69, 9.17) is 0 Å². The molecule has 1 aromatic rings. The van der Waals surface area contributed by atoms with Crippen LogP contribution >= 0.6 is 0 Å². The molecule has 3 heteroatoms. The van der Waals surface area contributed by atoms with Crippen molar-refractivity contribution in [3.63, 3.8) is 0 Å². The zero-order valence-electron chi connectivity index (χ0n) is 10.8. The van der Waals surface area contributed by atoms with Crippen molar-refractivity contribution in [2.24, 2.45) is 5.92 Å². The van der Waals surface area contributed by atoms with Crippen LogP contribution in [0.15, 0.2) is 30.3 Å². The Balaban J connectivity index is 1.77. The number of nitrogens with zero attached hydrogens (tertiary/aromatic N) is 1. The molecule has 3 unspecified atom stereocenters. The highest BCUT2D eigenvalue weighted by Crippen LogP contribution is 2.33. The van der Waals surface area contributed by atoms with Gasteiger partial charge in [-0.05, 0) is 24.3 Å². The van der Waals surface area contributed by atoms with Gasteiger partial charge in [0.15, 0.2) is 0 Å². The Labute approximate surface area is 108 Å². The second kappa shape index (κ2) is 4.73. The first-order valence-electron chi connectivity index (χ1n) is 6.86. The lowest BCUT2D eigenvalue weighted by molar-refractivity contribution is -0.131. The number of amides is 1. The maximum atomic E-state index is 12.5. The van der Waals surface area contributed by atoms with Gasteiger partial charge in [-0.1, -0.05) is 43.7 Å². The maximum Gasteiger partial charge on any atom is 0.245 e. The highest BCUT2D eigenvalue weighted by atomic mass is 16.2. The predicted molar refractivity (Wildman–Crippen MR) is 70.8 cm³/mol. The molecule has 1 saturated carbocycles. The van der Waals surface area contributed by atoms with E-state index >= 15 is 0 Å². The van der Waals surface area contributed by atoms with Crippen LogP contribution < -0.4 is 5.32 Å². The molecule has 96 valence electrons. The van der Waals surface area contributed by atoms with Gasteiger partial charge in [-0.3, -0.25) is 10.1 Å². The van der Waals surface area contributed by atoms with Crippen LogP contribution in [0, 0.1) is 5.92 Å². The summed E-state index contributed by atoms with van der Waals surface area (Å²) in [6, 6.07) is 10.3. The number of carbonyl (C=O) groups is 1. The first kappa shape index (κ1) is 11.7. The Bertz CT molecular complexity index is 431. The third kappa shape index (κ3) is 1.93. The van der Waals surface area contributed by atoms with Gasteiger partial charge in [-0.15, -0.1) is 0 Å². The van der Waals surface area contributed by atoms with Gasteiger partial charge >= 0.3 is 0 Å². The first-order valence-corrected chi connectivity index (χ1v) is 6.86. The smallest absolute Gasteiger partial charge is 0.245 e. The van der Waals surface area contributed by atoms with Crippen molar-refractivity contribution in [3.8, 4) is 0 Å². The van der Waals surface area contributed by atoms with Crippen LogP contribution in [-0.4, -0.2) is 23.5 Å². The normalized spacial score (nSPS) is 32.2. The van der Waals surface area contributed by atoms with Crippen LogP contribution in [0.3, 0.4) is 0 Å². The second-order valence-corrected chi connectivity index (χ2v) is 5.49. The van der Waals surface area contributed by atoms with E-state index in [2.05, 4.69) is 17.1 Å². The quantitative estimate of drug-likeness (QED) is 0.866. The average molecular weight is 244 g/mol. The van der Waals surface area contributed by atoms with E-state index in [0.717, 1.165) is 12.0 Å². The number of nitrogens with one attached hydrogen (secondary N) is 1. The van der Waals surface area contributed by atoms with E-state index in [0.29, 0.717) is 18.6 Å². The summed E-state index contributed by atoms with van der Waals surface area (Å²) < 4.78 is 0. The molecule has 1 heterocycles. The van der Waals surface area contributed by atoms with Crippen molar-refractivity contribution in [1.82, 2.24) is 10.2 Å². The minimum Gasteiger partial charge on any atom is -0.325 e. The van der Waals surface area contributed by atoms with E-state index in [9.17, 15) is 4.79 Å². The molecule has 3 atom stereocenters. The van der Waals surface area contributed by atoms with E-state index < -0.39 is 0 Å².